The largest absolute Gasteiger partial charge is 0.464 e. The Morgan fingerprint density at radius 3 is 2.80 bits per heavy atom. The third-order valence-electron chi connectivity index (χ3n) is 4.56. The summed E-state index contributed by atoms with van der Waals surface area (Å²) >= 11 is 8.71. The Morgan fingerprint density at radius 2 is 2.06 bits per heavy atom. The number of esters is 1. The lowest BCUT2D eigenvalue weighted by molar-refractivity contribution is -0.115. The summed E-state index contributed by atoms with van der Waals surface area (Å²) in [6.07, 6.45) is 1.41. The quantitative estimate of drug-likeness (QED) is 0.188. The van der Waals surface area contributed by atoms with Gasteiger partial charge < -0.3 is 19.0 Å². The molecule has 13 heteroatoms. The molecule has 0 fully saturated rings. The number of halogens is 1. The highest BCUT2D eigenvalue weighted by molar-refractivity contribution is 8.00. The molecule has 1 aromatic carbocycles. The van der Waals surface area contributed by atoms with Gasteiger partial charge in [0.1, 0.15) is 29.0 Å². The van der Waals surface area contributed by atoms with Crippen LogP contribution in [0.15, 0.2) is 54.7 Å². The minimum atomic E-state index is -0.830. The van der Waals surface area contributed by atoms with E-state index in [4.69, 9.17) is 25.3 Å². The molecule has 180 valence electrons. The minimum Gasteiger partial charge on any atom is -0.464 e. The third kappa shape index (κ3) is 5.78. The van der Waals surface area contributed by atoms with Crippen LogP contribution in [0.1, 0.15) is 35.2 Å². The Hall–Kier alpha value is -3.48. The number of hydrogen-bond donors (Lipinski definition) is 1. The topological polar surface area (TPSA) is 137 Å². The van der Waals surface area contributed by atoms with Crippen molar-refractivity contribution in [2.24, 2.45) is 0 Å². The normalized spacial score (nSPS) is 10.8. The van der Waals surface area contributed by atoms with Gasteiger partial charge in [0.25, 0.3) is 0 Å². The minimum absolute atomic E-state index is 0.0550. The zero-order chi connectivity index (χ0) is 24.9. The first kappa shape index (κ1) is 24.6. The highest BCUT2D eigenvalue weighted by Crippen LogP contribution is 2.32. The van der Waals surface area contributed by atoms with E-state index in [-0.39, 0.29) is 34.4 Å². The van der Waals surface area contributed by atoms with Crippen LogP contribution in [0.4, 0.5) is 5.13 Å². The van der Waals surface area contributed by atoms with Gasteiger partial charge in [0.15, 0.2) is 4.34 Å². The summed E-state index contributed by atoms with van der Waals surface area (Å²) in [5, 5.41) is 15.2. The Bertz CT molecular complexity index is 1450. The van der Waals surface area contributed by atoms with Crippen molar-refractivity contribution in [1.29, 1.82) is 0 Å². The van der Waals surface area contributed by atoms with Gasteiger partial charge in [0.05, 0.1) is 10.8 Å². The summed E-state index contributed by atoms with van der Waals surface area (Å²) in [5.41, 5.74) is 0.217. The number of ether oxygens (including phenoxy) is 1. The predicted molar refractivity (Wildman–Crippen MR) is 130 cm³/mol. The number of aromatic nitrogens is 3. The van der Waals surface area contributed by atoms with E-state index in [0.717, 1.165) is 6.26 Å². The first-order valence-electron chi connectivity index (χ1n) is 10.2. The van der Waals surface area contributed by atoms with Crippen LogP contribution < -0.4 is 15.5 Å². The molecule has 0 bridgehead atoms. The smallest absolute Gasteiger partial charge is 0.349 e. The van der Waals surface area contributed by atoms with Crippen molar-refractivity contribution in [2.75, 3.05) is 5.32 Å². The molecule has 0 saturated heterocycles. The van der Waals surface area contributed by atoms with Crippen molar-refractivity contribution >= 4 is 51.7 Å². The molecule has 3 aromatic heterocycles. The molecule has 1 N–H and O–H groups in total. The van der Waals surface area contributed by atoms with Crippen molar-refractivity contribution in [2.45, 2.75) is 30.4 Å². The lowest BCUT2D eigenvalue weighted by Crippen LogP contribution is -2.16. The lowest BCUT2D eigenvalue weighted by Gasteiger charge is -2.06. The van der Waals surface area contributed by atoms with E-state index < -0.39 is 11.4 Å². The van der Waals surface area contributed by atoms with Gasteiger partial charge in [-0.2, -0.15) is 0 Å². The molecular weight excluding hydrogens is 516 g/mol. The second-order valence-electron chi connectivity index (χ2n) is 6.97. The van der Waals surface area contributed by atoms with Crippen LogP contribution in [0.3, 0.4) is 0 Å². The summed E-state index contributed by atoms with van der Waals surface area (Å²) in [4.78, 5) is 36.8. The van der Waals surface area contributed by atoms with Crippen LogP contribution in [0.25, 0.3) is 11.3 Å². The molecular formula is C22H17ClN4O6S2. The maximum Gasteiger partial charge on any atom is 0.349 e. The molecule has 1 amide bonds. The zero-order valence-electron chi connectivity index (χ0n) is 18.4. The second-order valence-corrected chi connectivity index (χ2v) is 9.58. The van der Waals surface area contributed by atoms with Gasteiger partial charge in [-0.05, 0) is 13.0 Å². The van der Waals surface area contributed by atoms with Crippen LogP contribution >= 0.6 is 34.7 Å². The molecule has 0 spiro atoms. The molecule has 0 atom stereocenters. The highest BCUT2D eigenvalue weighted by Gasteiger charge is 2.25. The van der Waals surface area contributed by atoms with Crippen molar-refractivity contribution in [1.82, 2.24) is 15.4 Å². The molecule has 0 aliphatic carbocycles. The number of aryl methyl sites for hydroxylation is 1. The summed E-state index contributed by atoms with van der Waals surface area (Å²) in [5.74, 6) is -0.435. The maximum absolute atomic E-state index is 12.9. The SMILES string of the molecule is CCC(=O)Nc1nnc(SCc2cc(=O)c(OC(=O)c3c(-c4ccccc4Cl)noc3C)co2)s1. The number of nitrogens with one attached hydrogen (secondary N) is 1. The number of rotatable bonds is 8. The van der Waals surface area contributed by atoms with Crippen molar-refractivity contribution < 1.29 is 23.3 Å². The van der Waals surface area contributed by atoms with E-state index in [2.05, 4.69) is 20.7 Å². The number of nitrogens with zero attached hydrogens (tertiary/aromatic N) is 3. The van der Waals surface area contributed by atoms with Gasteiger partial charge in [0.2, 0.25) is 22.2 Å². The number of benzene rings is 1. The van der Waals surface area contributed by atoms with Gasteiger partial charge in [0, 0.05) is 18.1 Å². The van der Waals surface area contributed by atoms with Crippen LogP contribution in [0.2, 0.25) is 5.02 Å². The number of carbonyl (C=O) groups excluding carboxylic acids is 2. The molecule has 0 unspecified atom stereocenters. The molecule has 4 rings (SSSR count). The van der Waals surface area contributed by atoms with E-state index in [1.807, 2.05) is 0 Å². The summed E-state index contributed by atoms with van der Waals surface area (Å²) in [7, 11) is 0. The predicted octanol–water partition coefficient (Wildman–Crippen LogP) is 4.97. The fourth-order valence-electron chi connectivity index (χ4n) is 2.85. The zero-order valence-corrected chi connectivity index (χ0v) is 20.8. The van der Waals surface area contributed by atoms with E-state index >= 15 is 0 Å². The first-order valence-corrected chi connectivity index (χ1v) is 12.3. The number of carbonyl (C=O) groups is 2. The molecule has 0 aliphatic rings. The average Bonchev–Trinajstić information content (AvgIpc) is 3.45. The molecule has 3 heterocycles. The highest BCUT2D eigenvalue weighted by atomic mass is 35.5. The Kier molecular flexibility index (Phi) is 7.63. The number of thioether (sulfide) groups is 1. The number of hydrogen-bond acceptors (Lipinski definition) is 11. The van der Waals surface area contributed by atoms with E-state index in [1.165, 1.54) is 29.2 Å². The Morgan fingerprint density at radius 1 is 1.26 bits per heavy atom. The number of amides is 1. The Balaban J connectivity index is 1.44. The fraction of sp³-hybridized carbons (Fsp3) is 0.182. The molecule has 0 radical (unpaired) electrons. The summed E-state index contributed by atoms with van der Waals surface area (Å²) < 4.78 is 16.5. The molecule has 10 nitrogen and oxygen atoms in total. The van der Waals surface area contributed by atoms with Gasteiger partial charge in [-0.1, -0.05) is 65.0 Å². The Labute approximate surface area is 211 Å². The van der Waals surface area contributed by atoms with Crippen LogP contribution in [-0.4, -0.2) is 27.2 Å². The van der Waals surface area contributed by atoms with Crippen LogP contribution in [0, 0.1) is 6.92 Å². The summed E-state index contributed by atoms with van der Waals surface area (Å²) in [6.45, 7) is 3.29. The molecule has 35 heavy (non-hydrogen) atoms. The number of anilines is 1. The average molecular weight is 533 g/mol. The van der Waals surface area contributed by atoms with Crippen LogP contribution in [0.5, 0.6) is 5.75 Å². The standard InChI is InChI=1S/C22H17ClN4O6S2/c1-3-17(29)24-21-25-26-22(35-21)34-10-12-8-15(28)16(9-31-12)32-20(30)18-11(2)33-27-19(18)13-6-4-5-7-14(13)23/h4-9H,3,10H2,1-2H3,(H,24,25,29). The van der Waals surface area contributed by atoms with Gasteiger partial charge in [-0.15, -0.1) is 10.2 Å². The molecule has 0 aliphatic heterocycles. The van der Waals surface area contributed by atoms with Crippen LogP contribution in [-0.2, 0) is 10.5 Å². The first-order chi connectivity index (χ1) is 16.9. The maximum atomic E-state index is 12.9. The molecule has 4 aromatic rings. The van der Waals surface area contributed by atoms with Gasteiger partial charge in [-0.25, -0.2) is 4.79 Å². The van der Waals surface area contributed by atoms with Gasteiger partial charge >= 0.3 is 5.97 Å². The van der Waals surface area contributed by atoms with Gasteiger partial charge in [-0.3, -0.25) is 9.59 Å². The van der Waals surface area contributed by atoms with Crippen molar-refractivity contribution in [3.05, 3.63) is 68.9 Å². The van der Waals surface area contributed by atoms with Crippen molar-refractivity contribution in [3.63, 3.8) is 0 Å². The lowest BCUT2D eigenvalue weighted by atomic mass is 10.1. The fourth-order valence-corrected chi connectivity index (χ4v) is 4.73. The second kappa shape index (κ2) is 10.8. The molecule has 0 saturated carbocycles. The van der Waals surface area contributed by atoms with E-state index in [9.17, 15) is 14.4 Å². The van der Waals surface area contributed by atoms with E-state index in [0.29, 0.717) is 32.2 Å². The van der Waals surface area contributed by atoms with Crippen molar-refractivity contribution in [3.8, 4) is 17.0 Å². The summed E-state index contributed by atoms with van der Waals surface area (Å²) in [6, 6.07) is 8.07. The third-order valence-corrected chi connectivity index (χ3v) is 6.89. The monoisotopic (exact) mass is 532 g/mol. The van der Waals surface area contributed by atoms with E-state index in [1.54, 1.807) is 38.1 Å².